The van der Waals surface area contributed by atoms with Gasteiger partial charge >= 0.3 is 0 Å². The van der Waals surface area contributed by atoms with E-state index >= 15 is 0 Å². The molecule has 20 heavy (non-hydrogen) atoms. The van der Waals surface area contributed by atoms with Gasteiger partial charge in [0, 0.05) is 37.1 Å². The summed E-state index contributed by atoms with van der Waals surface area (Å²) < 4.78 is 5.76. The van der Waals surface area contributed by atoms with Crippen molar-refractivity contribution in [3.63, 3.8) is 0 Å². The van der Waals surface area contributed by atoms with Crippen molar-refractivity contribution < 1.29 is 9.21 Å². The van der Waals surface area contributed by atoms with Gasteiger partial charge in [0.2, 0.25) is 0 Å². The second-order valence-electron chi connectivity index (χ2n) is 5.28. The Morgan fingerprint density at radius 2 is 1.90 bits per heavy atom. The lowest BCUT2D eigenvalue weighted by molar-refractivity contribution is 0.0613. The summed E-state index contributed by atoms with van der Waals surface area (Å²) in [4.78, 5) is 16.9. The molecule has 1 aromatic carbocycles. The fraction of sp³-hybridized carbons (Fsp3) is 0.438. The molecular formula is C16H20N2O2. The maximum absolute atomic E-state index is 12.6. The number of nitrogens with zero attached hydrogens (tertiary/aromatic N) is 2. The molecule has 0 aliphatic carbocycles. The standard InChI is InChI=1S/C16H20N2O2/c1-3-17-8-10-18(11-9-17)16(19)15-12(2)13-6-4-5-7-14(13)20-15/h4-7H,3,8-11H2,1-2H3. The highest BCUT2D eigenvalue weighted by atomic mass is 16.3. The number of benzene rings is 1. The Morgan fingerprint density at radius 1 is 1.20 bits per heavy atom. The zero-order valence-corrected chi connectivity index (χ0v) is 12.1. The van der Waals surface area contributed by atoms with E-state index in [0.717, 1.165) is 49.3 Å². The molecule has 2 heterocycles. The SMILES string of the molecule is CCN1CCN(C(=O)c2oc3ccccc3c2C)CC1. The summed E-state index contributed by atoms with van der Waals surface area (Å²) in [6, 6.07) is 7.81. The molecule has 4 nitrogen and oxygen atoms in total. The Labute approximate surface area is 119 Å². The van der Waals surface area contributed by atoms with Gasteiger partial charge in [-0.25, -0.2) is 0 Å². The van der Waals surface area contributed by atoms with E-state index in [4.69, 9.17) is 4.42 Å². The van der Waals surface area contributed by atoms with Crippen molar-refractivity contribution in [3.8, 4) is 0 Å². The fourth-order valence-corrected chi connectivity index (χ4v) is 2.79. The van der Waals surface area contributed by atoms with Crippen LogP contribution in [0.2, 0.25) is 0 Å². The molecule has 1 aromatic heterocycles. The van der Waals surface area contributed by atoms with E-state index in [9.17, 15) is 4.79 Å². The molecule has 0 saturated carbocycles. The van der Waals surface area contributed by atoms with Crippen molar-refractivity contribution in [2.24, 2.45) is 0 Å². The first kappa shape index (κ1) is 13.2. The number of likely N-dealkylation sites (N-methyl/N-ethyl adjacent to an activating group) is 1. The number of fused-ring (bicyclic) bond motifs is 1. The van der Waals surface area contributed by atoms with Crippen LogP contribution in [0.15, 0.2) is 28.7 Å². The number of para-hydroxylation sites is 1. The van der Waals surface area contributed by atoms with Crippen LogP contribution in [0.25, 0.3) is 11.0 Å². The number of furan rings is 1. The monoisotopic (exact) mass is 272 g/mol. The van der Waals surface area contributed by atoms with Crippen LogP contribution in [-0.2, 0) is 0 Å². The summed E-state index contributed by atoms with van der Waals surface area (Å²) in [6.07, 6.45) is 0. The van der Waals surface area contributed by atoms with Gasteiger partial charge in [0.05, 0.1) is 0 Å². The lowest BCUT2D eigenvalue weighted by Crippen LogP contribution is -2.48. The van der Waals surface area contributed by atoms with E-state index in [-0.39, 0.29) is 5.91 Å². The van der Waals surface area contributed by atoms with Crippen molar-refractivity contribution >= 4 is 16.9 Å². The average molecular weight is 272 g/mol. The number of hydrogen-bond donors (Lipinski definition) is 0. The van der Waals surface area contributed by atoms with Crippen molar-refractivity contribution in [3.05, 3.63) is 35.6 Å². The molecule has 0 N–H and O–H groups in total. The van der Waals surface area contributed by atoms with Crippen LogP contribution < -0.4 is 0 Å². The molecule has 1 aliphatic heterocycles. The van der Waals surface area contributed by atoms with Crippen LogP contribution in [0.4, 0.5) is 0 Å². The lowest BCUT2D eigenvalue weighted by atomic mass is 10.1. The second kappa shape index (κ2) is 5.29. The Morgan fingerprint density at radius 3 is 2.55 bits per heavy atom. The molecule has 0 spiro atoms. The molecule has 0 bridgehead atoms. The molecule has 1 aliphatic rings. The molecule has 2 aromatic rings. The number of rotatable bonds is 2. The smallest absolute Gasteiger partial charge is 0.289 e. The topological polar surface area (TPSA) is 36.7 Å². The highest BCUT2D eigenvalue weighted by Gasteiger charge is 2.25. The molecule has 1 amide bonds. The Hall–Kier alpha value is -1.81. The Kier molecular flexibility index (Phi) is 3.49. The van der Waals surface area contributed by atoms with Crippen LogP contribution >= 0.6 is 0 Å². The first-order valence-electron chi connectivity index (χ1n) is 7.20. The first-order valence-corrected chi connectivity index (χ1v) is 7.20. The maximum atomic E-state index is 12.6. The van der Waals surface area contributed by atoms with Crippen molar-refractivity contribution in [2.45, 2.75) is 13.8 Å². The highest BCUT2D eigenvalue weighted by Crippen LogP contribution is 2.26. The normalized spacial score (nSPS) is 16.8. The summed E-state index contributed by atoms with van der Waals surface area (Å²) in [5.41, 5.74) is 1.74. The summed E-state index contributed by atoms with van der Waals surface area (Å²) in [7, 11) is 0. The van der Waals surface area contributed by atoms with Gasteiger partial charge < -0.3 is 14.2 Å². The molecule has 3 rings (SSSR count). The summed E-state index contributed by atoms with van der Waals surface area (Å²) in [6.45, 7) is 8.61. The zero-order valence-electron chi connectivity index (χ0n) is 12.1. The van der Waals surface area contributed by atoms with Crippen LogP contribution in [0.3, 0.4) is 0 Å². The molecule has 1 saturated heterocycles. The van der Waals surface area contributed by atoms with Crippen LogP contribution in [0.5, 0.6) is 0 Å². The maximum Gasteiger partial charge on any atom is 0.289 e. The number of aryl methyl sites for hydroxylation is 1. The summed E-state index contributed by atoms with van der Waals surface area (Å²) >= 11 is 0. The quantitative estimate of drug-likeness (QED) is 0.843. The predicted octanol–water partition coefficient (Wildman–Crippen LogP) is 2.52. The highest BCUT2D eigenvalue weighted by molar-refractivity contribution is 5.98. The van der Waals surface area contributed by atoms with Gasteiger partial charge in [-0.1, -0.05) is 25.1 Å². The van der Waals surface area contributed by atoms with Gasteiger partial charge in [-0.2, -0.15) is 0 Å². The van der Waals surface area contributed by atoms with E-state index in [1.165, 1.54) is 0 Å². The van der Waals surface area contributed by atoms with Crippen molar-refractivity contribution in [2.75, 3.05) is 32.7 Å². The second-order valence-corrected chi connectivity index (χ2v) is 5.28. The van der Waals surface area contributed by atoms with Gasteiger partial charge in [0.15, 0.2) is 5.76 Å². The Balaban J connectivity index is 1.84. The third-order valence-electron chi connectivity index (χ3n) is 4.14. The Bertz CT molecular complexity index is 624. The average Bonchev–Trinajstić information content (AvgIpc) is 2.84. The van der Waals surface area contributed by atoms with Crippen LogP contribution in [0.1, 0.15) is 23.0 Å². The molecule has 0 atom stereocenters. The van der Waals surface area contributed by atoms with E-state index in [2.05, 4.69) is 11.8 Å². The van der Waals surface area contributed by atoms with Gasteiger partial charge in [0.1, 0.15) is 5.58 Å². The molecule has 4 heteroatoms. The summed E-state index contributed by atoms with van der Waals surface area (Å²) in [5, 5.41) is 1.03. The first-order chi connectivity index (χ1) is 9.70. The van der Waals surface area contributed by atoms with Gasteiger partial charge in [-0.15, -0.1) is 0 Å². The van der Waals surface area contributed by atoms with Crippen LogP contribution in [0, 0.1) is 6.92 Å². The van der Waals surface area contributed by atoms with E-state index in [1.807, 2.05) is 36.1 Å². The number of carbonyl (C=O) groups excluding carboxylic acids is 1. The third-order valence-corrected chi connectivity index (χ3v) is 4.14. The van der Waals surface area contributed by atoms with Gasteiger partial charge in [-0.3, -0.25) is 4.79 Å². The minimum Gasteiger partial charge on any atom is -0.451 e. The zero-order chi connectivity index (χ0) is 14.1. The number of piperazine rings is 1. The summed E-state index contributed by atoms with van der Waals surface area (Å²) in [5.74, 6) is 0.519. The minimum absolute atomic E-state index is 0.0226. The van der Waals surface area contributed by atoms with E-state index in [0.29, 0.717) is 5.76 Å². The molecule has 1 fully saturated rings. The predicted molar refractivity (Wildman–Crippen MR) is 79.0 cm³/mol. The van der Waals surface area contributed by atoms with E-state index < -0.39 is 0 Å². The molecule has 0 radical (unpaired) electrons. The number of carbonyl (C=O) groups is 1. The lowest BCUT2D eigenvalue weighted by Gasteiger charge is -2.33. The molecular weight excluding hydrogens is 252 g/mol. The third kappa shape index (κ3) is 2.20. The fourth-order valence-electron chi connectivity index (χ4n) is 2.79. The van der Waals surface area contributed by atoms with Gasteiger partial charge in [-0.05, 0) is 19.5 Å². The van der Waals surface area contributed by atoms with Crippen molar-refractivity contribution in [1.29, 1.82) is 0 Å². The van der Waals surface area contributed by atoms with Gasteiger partial charge in [0.25, 0.3) is 5.91 Å². The number of hydrogen-bond acceptors (Lipinski definition) is 3. The van der Waals surface area contributed by atoms with Crippen LogP contribution in [-0.4, -0.2) is 48.4 Å². The number of amides is 1. The molecule has 106 valence electrons. The van der Waals surface area contributed by atoms with Crippen molar-refractivity contribution in [1.82, 2.24) is 9.80 Å². The van der Waals surface area contributed by atoms with E-state index in [1.54, 1.807) is 0 Å². The minimum atomic E-state index is 0.0226. The largest absolute Gasteiger partial charge is 0.451 e. The molecule has 0 unspecified atom stereocenters.